The van der Waals surface area contributed by atoms with Gasteiger partial charge in [0.15, 0.2) is 6.04 Å². The quantitative estimate of drug-likeness (QED) is 0.634. The zero-order valence-electron chi connectivity index (χ0n) is 14.2. The van der Waals surface area contributed by atoms with Crippen LogP contribution < -0.4 is 10.6 Å². The minimum Gasteiger partial charge on any atom is -0.467 e. The van der Waals surface area contributed by atoms with Crippen molar-refractivity contribution in [1.82, 2.24) is 9.78 Å². The summed E-state index contributed by atoms with van der Waals surface area (Å²) in [5.41, 5.74) is 0.459. The molecule has 6 nitrogen and oxygen atoms in total. The second-order valence-corrected chi connectivity index (χ2v) is 6.75. The Balaban J connectivity index is 1.67. The van der Waals surface area contributed by atoms with Gasteiger partial charge in [0, 0.05) is 17.1 Å². The lowest BCUT2D eigenvalue weighted by atomic mass is 10.0. The minimum atomic E-state index is -4.53. The summed E-state index contributed by atoms with van der Waals surface area (Å²) < 4.78 is 46.9. The monoisotopic (exact) mass is 410 g/mol. The molecule has 3 heterocycles. The predicted octanol–water partition coefficient (Wildman–Crippen LogP) is 5.04. The van der Waals surface area contributed by atoms with Crippen molar-refractivity contribution in [3.05, 3.63) is 65.2 Å². The Bertz CT molecular complexity index is 983. The van der Waals surface area contributed by atoms with Crippen LogP contribution in [-0.4, -0.2) is 21.9 Å². The van der Waals surface area contributed by atoms with Gasteiger partial charge in [-0.05, 0) is 36.4 Å². The van der Waals surface area contributed by atoms with Crippen LogP contribution in [0.5, 0.6) is 0 Å². The molecule has 0 bridgehead atoms. The number of hydrogen-bond acceptors (Lipinski definition) is 4. The number of halogens is 4. The van der Waals surface area contributed by atoms with Crippen LogP contribution in [-0.2, 0) is 0 Å². The molecule has 1 aliphatic rings. The molecule has 3 aromatic rings. The van der Waals surface area contributed by atoms with Crippen molar-refractivity contribution in [2.24, 2.45) is 0 Å². The van der Waals surface area contributed by atoms with Crippen molar-refractivity contribution in [2.75, 3.05) is 10.6 Å². The molecule has 0 radical (unpaired) electrons. The number of nitrogens with zero attached hydrogens (tertiary/aromatic N) is 2. The molecule has 2 N–H and O–H groups in total. The highest BCUT2D eigenvalue weighted by molar-refractivity contribution is 6.30. The highest BCUT2D eigenvalue weighted by Crippen LogP contribution is 2.44. The summed E-state index contributed by atoms with van der Waals surface area (Å²) in [5, 5.41) is 9.90. The molecule has 28 heavy (non-hydrogen) atoms. The molecule has 0 saturated carbocycles. The average molecular weight is 411 g/mol. The van der Waals surface area contributed by atoms with Crippen molar-refractivity contribution in [2.45, 2.75) is 24.7 Å². The van der Waals surface area contributed by atoms with Gasteiger partial charge in [0.05, 0.1) is 18.5 Å². The van der Waals surface area contributed by atoms with E-state index in [0.717, 1.165) is 10.9 Å². The second-order valence-electron chi connectivity index (χ2n) is 6.32. The van der Waals surface area contributed by atoms with E-state index in [-0.39, 0.29) is 17.8 Å². The van der Waals surface area contributed by atoms with Gasteiger partial charge in [-0.25, -0.2) is 4.68 Å². The van der Waals surface area contributed by atoms with E-state index in [1.54, 1.807) is 36.4 Å². The summed E-state index contributed by atoms with van der Waals surface area (Å²) in [7, 11) is 0. The van der Waals surface area contributed by atoms with Gasteiger partial charge >= 0.3 is 6.18 Å². The molecule has 1 aromatic carbocycles. The maximum Gasteiger partial charge on any atom is 0.410 e. The number of amides is 1. The van der Waals surface area contributed by atoms with Crippen LogP contribution in [0.15, 0.2) is 53.3 Å². The van der Waals surface area contributed by atoms with Crippen LogP contribution in [0.25, 0.3) is 0 Å². The number of benzene rings is 1. The molecular weight excluding hydrogens is 397 g/mol. The lowest BCUT2D eigenvalue weighted by Gasteiger charge is -2.32. The number of nitrogens with one attached hydrogen (secondary N) is 2. The lowest BCUT2D eigenvalue weighted by molar-refractivity contribution is -0.174. The average Bonchev–Trinajstić information content (AvgIpc) is 3.31. The molecule has 10 heteroatoms. The third-order valence-electron chi connectivity index (χ3n) is 4.47. The normalized spacial score (nSPS) is 19.0. The third kappa shape index (κ3) is 3.45. The fourth-order valence-corrected chi connectivity index (χ4v) is 3.26. The molecule has 0 aliphatic carbocycles. The Labute approximate surface area is 162 Å². The number of aromatic nitrogens is 2. The molecule has 0 unspecified atom stereocenters. The van der Waals surface area contributed by atoms with E-state index >= 15 is 0 Å². The lowest BCUT2D eigenvalue weighted by Crippen LogP contribution is -2.36. The van der Waals surface area contributed by atoms with Crippen molar-refractivity contribution in [3.8, 4) is 0 Å². The number of fused-ring (bicyclic) bond motifs is 1. The fourth-order valence-electron chi connectivity index (χ4n) is 3.14. The smallest absolute Gasteiger partial charge is 0.410 e. The van der Waals surface area contributed by atoms with Gasteiger partial charge in [-0.3, -0.25) is 4.79 Å². The Morgan fingerprint density at radius 3 is 2.68 bits per heavy atom. The number of hydrogen-bond donors (Lipinski definition) is 2. The number of furan rings is 1. The predicted molar refractivity (Wildman–Crippen MR) is 96.4 cm³/mol. The van der Waals surface area contributed by atoms with Crippen LogP contribution in [0.2, 0.25) is 5.02 Å². The Hall–Kier alpha value is -2.94. The molecule has 1 amide bonds. The van der Waals surface area contributed by atoms with E-state index in [4.69, 9.17) is 16.0 Å². The number of alkyl halides is 3. The molecule has 4 rings (SSSR count). The largest absolute Gasteiger partial charge is 0.467 e. The van der Waals surface area contributed by atoms with Gasteiger partial charge in [0.1, 0.15) is 17.1 Å². The van der Waals surface area contributed by atoms with E-state index in [2.05, 4.69) is 15.7 Å². The fraction of sp³-hybridized carbons (Fsp3) is 0.222. The summed E-state index contributed by atoms with van der Waals surface area (Å²) in [6.07, 6.45) is -2.32. The van der Waals surface area contributed by atoms with Gasteiger partial charge in [0.2, 0.25) is 0 Å². The van der Waals surface area contributed by atoms with Crippen LogP contribution >= 0.6 is 11.6 Å². The van der Waals surface area contributed by atoms with Gasteiger partial charge < -0.3 is 15.1 Å². The standard InChI is InChI=1S/C18H14ClF3N4O2/c19-10-3-5-11(6-4-10)24-17(27)12-9-23-26-15(18(20,21)22)8-13(25-16(12)26)14-2-1-7-28-14/h1-7,9,13,15,25H,8H2,(H,24,27)/t13-,15+/m1/s1. The summed E-state index contributed by atoms with van der Waals surface area (Å²) in [4.78, 5) is 12.6. The van der Waals surface area contributed by atoms with E-state index in [9.17, 15) is 18.0 Å². The molecule has 0 spiro atoms. The maximum absolute atomic E-state index is 13.6. The maximum atomic E-state index is 13.6. The Morgan fingerprint density at radius 1 is 1.29 bits per heavy atom. The summed E-state index contributed by atoms with van der Waals surface area (Å²) in [6, 6.07) is 6.93. The number of anilines is 2. The van der Waals surface area contributed by atoms with E-state index in [1.807, 2.05) is 0 Å². The van der Waals surface area contributed by atoms with Crippen molar-refractivity contribution in [3.63, 3.8) is 0 Å². The van der Waals surface area contributed by atoms with Crippen LogP contribution in [0, 0.1) is 0 Å². The highest BCUT2D eigenvalue weighted by atomic mass is 35.5. The minimum absolute atomic E-state index is 0.000422. The molecule has 0 fully saturated rings. The highest BCUT2D eigenvalue weighted by Gasteiger charge is 2.47. The van der Waals surface area contributed by atoms with Gasteiger partial charge in [-0.15, -0.1) is 0 Å². The Kier molecular flexibility index (Phi) is 4.54. The first-order valence-electron chi connectivity index (χ1n) is 8.34. The van der Waals surface area contributed by atoms with E-state index in [1.165, 1.54) is 6.26 Å². The number of carbonyl (C=O) groups is 1. The van der Waals surface area contributed by atoms with E-state index in [0.29, 0.717) is 16.5 Å². The first-order valence-corrected chi connectivity index (χ1v) is 8.72. The first-order chi connectivity index (χ1) is 13.3. The third-order valence-corrected chi connectivity index (χ3v) is 4.72. The summed E-state index contributed by atoms with van der Waals surface area (Å²) >= 11 is 5.81. The van der Waals surface area contributed by atoms with E-state index < -0.39 is 24.2 Å². The summed E-state index contributed by atoms with van der Waals surface area (Å²) in [5.74, 6) is -0.246. The van der Waals surface area contributed by atoms with Crippen LogP contribution in [0.3, 0.4) is 0 Å². The zero-order valence-corrected chi connectivity index (χ0v) is 15.0. The zero-order chi connectivity index (χ0) is 19.9. The molecule has 2 aromatic heterocycles. The van der Waals surface area contributed by atoms with Crippen molar-refractivity contribution >= 4 is 29.0 Å². The van der Waals surface area contributed by atoms with Crippen LogP contribution in [0.1, 0.15) is 34.6 Å². The van der Waals surface area contributed by atoms with Crippen molar-refractivity contribution in [1.29, 1.82) is 0 Å². The van der Waals surface area contributed by atoms with Crippen LogP contribution in [0.4, 0.5) is 24.7 Å². The Morgan fingerprint density at radius 2 is 2.04 bits per heavy atom. The number of carbonyl (C=O) groups excluding carboxylic acids is 1. The topological polar surface area (TPSA) is 72.1 Å². The molecule has 0 saturated heterocycles. The van der Waals surface area contributed by atoms with Gasteiger partial charge in [0.25, 0.3) is 5.91 Å². The SMILES string of the molecule is O=C(Nc1ccc(Cl)cc1)c1cnn2c1N[C@@H](c1ccco1)C[C@H]2C(F)(F)F. The van der Waals surface area contributed by atoms with Crippen molar-refractivity contribution < 1.29 is 22.4 Å². The molecule has 1 aliphatic heterocycles. The molecule has 2 atom stereocenters. The summed E-state index contributed by atoms with van der Waals surface area (Å²) in [6.45, 7) is 0. The first kappa shape index (κ1) is 18.4. The molecule has 146 valence electrons. The number of rotatable bonds is 3. The van der Waals surface area contributed by atoms with Gasteiger partial charge in [-0.1, -0.05) is 11.6 Å². The molecular formula is C18H14ClF3N4O2. The van der Waals surface area contributed by atoms with Gasteiger partial charge in [-0.2, -0.15) is 18.3 Å². The second kappa shape index (κ2) is 6.90.